The average molecular weight is 419 g/mol. The van der Waals surface area contributed by atoms with Crippen LogP contribution in [0.2, 0.25) is 0 Å². The number of nitrogens with one attached hydrogen (secondary N) is 1. The molecule has 3 aromatic rings. The van der Waals surface area contributed by atoms with Gasteiger partial charge in [-0.05, 0) is 34.6 Å². The summed E-state index contributed by atoms with van der Waals surface area (Å²) < 4.78 is 6.51. The molecule has 3 rings (SSSR count). The number of ether oxygens (including phenoxy) is 1. The van der Waals surface area contributed by atoms with Gasteiger partial charge in [0.15, 0.2) is 23.9 Å². The highest BCUT2D eigenvalue weighted by Gasteiger charge is 2.19. The molecule has 2 aromatic carbocycles. The summed E-state index contributed by atoms with van der Waals surface area (Å²) in [5.41, 5.74) is 2.09. The fraction of sp³-hybridized carbons (Fsp3) is 0.182. The van der Waals surface area contributed by atoms with Gasteiger partial charge >= 0.3 is 5.97 Å². The van der Waals surface area contributed by atoms with Crippen LogP contribution in [0.3, 0.4) is 0 Å². The van der Waals surface area contributed by atoms with Gasteiger partial charge in [0, 0.05) is 19.0 Å². The largest absolute Gasteiger partial charge is 0.453 e. The Morgan fingerprint density at radius 2 is 1.77 bits per heavy atom. The van der Waals surface area contributed by atoms with Crippen LogP contribution in [0.4, 0.5) is 0 Å². The molecule has 0 radical (unpaired) electrons. The number of carbonyl (C=O) groups is 3. The van der Waals surface area contributed by atoms with Gasteiger partial charge in [0.2, 0.25) is 5.91 Å². The number of tetrazole rings is 1. The highest BCUT2D eigenvalue weighted by molar-refractivity contribution is 6.16. The van der Waals surface area contributed by atoms with Gasteiger partial charge in [-0.1, -0.05) is 54.6 Å². The standard InChI is InChI=1S/C22H21N5O4/c1-15-24-25-26-27(15)20(12-17-6-4-3-5-7-17)22(30)31-14-21(29)19-10-8-18(9-11-19)13-23-16(2)28/h3-12H,13-14H2,1-2H3,(H,23,28)/b20-12-. The molecule has 0 atom stereocenters. The van der Waals surface area contributed by atoms with Crippen molar-refractivity contribution in [3.05, 3.63) is 77.1 Å². The van der Waals surface area contributed by atoms with E-state index in [-0.39, 0.29) is 17.4 Å². The van der Waals surface area contributed by atoms with E-state index in [0.717, 1.165) is 11.1 Å². The van der Waals surface area contributed by atoms with Crippen molar-refractivity contribution in [1.82, 2.24) is 25.5 Å². The van der Waals surface area contributed by atoms with Crippen molar-refractivity contribution < 1.29 is 19.1 Å². The van der Waals surface area contributed by atoms with Crippen LogP contribution in [0.15, 0.2) is 54.6 Å². The second-order valence-electron chi connectivity index (χ2n) is 6.68. The first kappa shape index (κ1) is 21.6. The number of ketones is 1. The number of amides is 1. The van der Waals surface area contributed by atoms with Crippen LogP contribution in [-0.2, 0) is 20.9 Å². The van der Waals surface area contributed by atoms with Crippen LogP contribution in [0.1, 0.15) is 34.2 Å². The molecule has 1 aromatic heterocycles. The summed E-state index contributed by atoms with van der Waals surface area (Å²) in [6.45, 7) is 3.03. The number of aromatic nitrogens is 4. The van der Waals surface area contributed by atoms with Gasteiger partial charge in [-0.15, -0.1) is 5.10 Å². The number of hydrogen-bond donors (Lipinski definition) is 1. The molecule has 0 fully saturated rings. The third kappa shape index (κ3) is 5.92. The maximum Gasteiger partial charge on any atom is 0.357 e. The number of carbonyl (C=O) groups excluding carboxylic acids is 3. The minimum absolute atomic E-state index is 0.0900. The topological polar surface area (TPSA) is 116 Å². The molecule has 1 heterocycles. The lowest BCUT2D eigenvalue weighted by Crippen LogP contribution is -2.20. The summed E-state index contributed by atoms with van der Waals surface area (Å²) in [7, 11) is 0. The lowest BCUT2D eigenvalue weighted by molar-refractivity contribution is -0.136. The van der Waals surface area contributed by atoms with Gasteiger partial charge in [-0.2, -0.15) is 4.68 Å². The van der Waals surface area contributed by atoms with Crippen molar-refractivity contribution in [3.8, 4) is 0 Å². The molecule has 0 spiro atoms. The molecular formula is C22H21N5O4. The summed E-state index contributed by atoms with van der Waals surface area (Å²) in [5.74, 6) is -0.814. The van der Waals surface area contributed by atoms with E-state index >= 15 is 0 Å². The van der Waals surface area contributed by atoms with Gasteiger partial charge in [-0.3, -0.25) is 9.59 Å². The van der Waals surface area contributed by atoms with Crippen molar-refractivity contribution in [2.24, 2.45) is 0 Å². The predicted molar refractivity (Wildman–Crippen MR) is 112 cm³/mol. The maximum atomic E-state index is 12.7. The Labute approximate surface area is 178 Å². The van der Waals surface area contributed by atoms with E-state index in [2.05, 4.69) is 20.8 Å². The van der Waals surface area contributed by atoms with Crippen molar-refractivity contribution in [2.45, 2.75) is 20.4 Å². The molecule has 0 saturated carbocycles. The lowest BCUT2D eigenvalue weighted by Gasteiger charge is -2.09. The van der Waals surface area contributed by atoms with Crippen molar-refractivity contribution in [1.29, 1.82) is 0 Å². The Balaban J connectivity index is 1.69. The van der Waals surface area contributed by atoms with Gasteiger partial charge in [0.05, 0.1) is 0 Å². The Bertz CT molecular complexity index is 1100. The molecule has 0 aliphatic heterocycles. The molecule has 1 N–H and O–H groups in total. The molecular weight excluding hydrogens is 398 g/mol. The Kier molecular flexibility index (Phi) is 7.00. The number of nitrogens with zero attached hydrogens (tertiary/aromatic N) is 4. The fourth-order valence-corrected chi connectivity index (χ4v) is 2.69. The fourth-order valence-electron chi connectivity index (χ4n) is 2.69. The zero-order valence-electron chi connectivity index (χ0n) is 17.1. The number of esters is 1. The molecule has 158 valence electrons. The predicted octanol–water partition coefficient (Wildman–Crippen LogP) is 2.04. The summed E-state index contributed by atoms with van der Waals surface area (Å²) in [6.07, 6.45) is 1.59. The van der Waals surface area contributed by atoms with E-state index in [1.807, 2.05) is 30.3 Å². The van der Waals surface area contributed by atoms with E-state index in [1.165, 1.54) is 11.6 Å². The minimum Gasteiger partial charge on any atom is -0.453 e. The van der Waals surface area contributed by atoms with Gasteiger partial charge in [0.1, 0.15) is 0 Å². The molecule has 0 saturated heterocycles. The lowest BCUT2D eigenvalue weighted by atomic mass is 10.1. The highest BCUT2D eigenvalue weighted by atomic mass is 16.5. The molecule has 0 bridgehead atoms. The quantitative estimate of drug-likeness (QED) is 0.337. The zero-order valence-corrected chi connectivity index (χ0v) is 17.1. The summed E-state index contributed by atoms with van der Waals surface area (Å²) in [5, 5.41) is 13.9. The minimum atomic E-state index is -0.727. The van der Waals surface area contributed by atoms with Crippen LogP contribution in [0, 0.1) is 6.92 Å². The van der Waals surface area contributed by atoms with Crippen molar-refractivity contribution >= 4 is 29.4 Å². The molecule has 0 unspecified atom stereocenters. The third-order valence-corrected chi connectivity index (χ3v) is 4.32. The first-order valence-corrected chi connectivity index (χ1v) is 9.50. The van der Waals surface area contributed by atoms with Crippen LogP contribution in [-0.4, -0.2) is 44.5 Å². The van der Waals surface area contributed by atoms with E-state index in [1.54, 1.807) is 37.3 Å². The average Bonchev–Trinajstić information content (AvgIpc) is 3.20. The van der Waals surface area contributed by atoms with Crippen LogP contribution < -0.4 is 5.32 Å². The summed E-state index contributed by atoms with van der Waals surface area (Å²) in [6, 6.07) is 15.9. The molecule has 0 aliphatic rings. The molecule has 1 amide bonds. The van der Waals surface area contributed by atoms with Crippen molar-refractivity contribution in [2.75, 3.05) is 6.61 Å². The molecule has 9 nitrogen and oxygen atoms in total. The van der Waals surface area contributed by atoms with Gasteiger partial charge < -0.3 is 10.1 Å². The van der Waals surface area contributed by atoms with Gasteiger partial charge in [-0.25, -0.2) is 4.79 Å². The van der Waals surface area contributed by atoms with E-state index in [0.29, 0.717) is 17.9 Å². The molecule has 0 aliphatic carbocycles. The number of aryl methyl sites for hydroxylation is 1. The third-order valence-electron chi connectivity index (χ3n) is 4.32. The van der Waals surface area contributed by atoms with Crippen LogP contribution in [0.25, 0.3) is 11.8 Å². The van der Waals surface area contributed by atoms with Crippen LogP contribution >= 0.6 is 0 Å². The number of benzene rings is 2. The van der Waals surface area contributed by atoms with E-state index in [4.69, 9.17) is 4.74 Å². The van der Waals surface area contributed by atoms with E-state index in [9.17, 15) is 14.4 Å². The summed E-state index contributed by atoms with van der Waals surface area (Å²) >= 11 is 0. The smallest absolute Gasteiger partial charge is 0.357 e. The van der Waals surface area contributed by atoms with Crippen molar-refractivity contribution in [3.63, 3.8) is 0 Å². The van der Waals surface area contributed by atoms with Crippen LogP contribution in [0.5, 0.6) is 0 Å². The Morgan fingerprint density at radius 1 is 1.06 bits per heavy atom. The zero-order chi connectivity index (χ0) is 22.2. The second kappa shape index (κ2) is 10.1. The highest BCUT2D eigenvalue weighted by Crippen LogP contribution is 2.14. The molecule has 9 heteroatoms. The summed E-state index contributed by atoms with van der Waals surface area (Å²) in [4.78, 5) is 36.2. The number of rotatable bonds is 8. The SMILES string of the molecule is CC(=O)NCc1ccc(C(=O)COC(=O)/C(=C/c2ccccc2)n2nnnc2C)cc1. The van der Waals surface area contributed by atoms with Gasteiger partial charge in [0.25, 0.3) is 0 Å². The number of hydrogen-bond acceptors (Lipinski definition) is 7. The normalized spacial score (nSPS) is 11.1. The molecule has 31 heavy (non-hydrogen) atoms. The monoisotopic (exact) mass is 419 g/mol. The first-order chi connectivity index (χ1) is 14.9. The maximum absolute atomic E-state index is 12.7. The Morgan fingerprint density at radius 3 is 2.39 bits per heavy atom. The first-order valence-electron chi connectivity index (χ1n) is 9.50. The Hall–Kier alpha value is -4.14. The van der Waals surface area contributed by atoms with E-state index < -0.39 is 12.6 Å². The second-order valence-corrected chi connectivity index (χ2v) is 6.68. The number of Topliss-reactive ketones (excluding diaryl/α,β-unsaturated/α-hetero) is 1.